The van der Waals surface area contributed by atoms with Crippen LogP contribution in [0.15, 0.2) is 0 Å². The molecule has 3 atom stereocenters. The summed E-state index contributed by atoms with van der Waals surface area (Å²) >= 11 is 1.24. The number of nitrogens with zero attached hydrogens (tertiary/aromatic N) is 1. The number of β-lactam (4-membered cyclic amide) rings is 1. The molecule has 2 saturated heterocycles. The predicted molar refractivity (Wildman–Crippen MR) is 61.8 cm³/mol. The van der Waals surface area contributed by atoms with Crippen LogP contribution in [0.3, 0.4) is 0 Å². The number of thioether (sulfide) groups is 1. The fourth-order valence-corrected chi connectivity index (χ4v) is 3.41. The number of amides is 2. The highest BCUT2D eigenvalue weighted by Gasteiger charge is 2.56. The number of rotatable bonds is 2. The topological polar surface area (TPSA) is 122 Å². The Kier molecular flexibility index (Phi) is 3.11. The molecule has 0 aromatic rings. The van der Waals surface area contributed by atoms with Crippen molar-refractivity contribution in [2.75, 3.05) is 19.4 Å². The zero-order valence-electron chi connectivity index (χ0n) is 9.58. The first-order valence-corrected chi connectivity index (χ1v) is 6.23. The third-order valence-corrected chi connectivity index (χ3v) is 4.61. The number of ether oxygens (including phenoxy) is 1. The van der Waals surface area contributed by atoms with Crippen LogP contribution in [0.1, 0.15) is 0 Å². The maximum Gasteiger partial charge on any atom is 0.407 e. The molecule has 0 spiro atoms. The monoisotopic (exact) mass is 275 g/mol. The van der Waals surface area contributed by atoms with Crippen molar-refractivity contribution in [3.8, 4) is 0 Å². The summed E-state index contributed by atoms with van der Waals surface area (Å²) in [5, 5.41) is 11.3. The summed E-state index contributed by atoms with van der Waals surface area (Å²) in [6.07, 6.45) is -0.839. The Balaban J connectivity index is 2.16. The molecule has 0 aromatic heterocycles. The van der Waals surface area contributed by atoms with Gasteiger partial charge in [-0.25, -0.2) is 9.59 Å². The third kappa shape index (κ3) is 1.79. The van der Waals surface area contributed by atoms with Gasteiger partial charge in [0, 0.05) is 5.75 Å². The lowest BCUT2D eigenvalue weighted by atomic mass is 9.97. The molecule has 2 amide bonds. The van der Waals surface area contributed by atoms with Crippen LogP contribution in [0, 0.1) is 0 Å². The number of carboxylic acid groups (broad SMARTS) is 1. The second-order valence-corrected chi connectivity index (χ2v) is 5.30. The van der Waals surface area contributed by atoms with Gasteiger partial charge in [-0.1, -0.05) is 0 Å². The maximum atomic E-state index is 11.5. The van der Waals surface area contributed by atoms with Crippen LogP contribution in [-0.2, 0) is 14.3 Å². The van der Waals surface area contributed by atoms with E-state index in [2.05, 4.69) is 10.1 Å². The number of carbonyl (C=O) groups is 3. The van der Waals surface area contributed by atoms with E-state index in [0.717, 1.165) is 7.11 Å². The summed E-state index contributed by atoms with van der Waals surface area (Å²) in [6.45, 7) is -0.0956. The summed E-state index contributed by atoms with van der Waals surface area (Å²) in [5.41, 5.74) is 4.07. The van der Waals surface area contributed by atoms with Crippen LogP contribution >= 0.6 is 11.8 Å². The number of nitrogens with one attached hydrogen (secondary N) is 1. The van der Waals surface area contributed by atoms with E-state index in [1.807, 2.05) is 0 Å². The number of carboxylic acids is 1. The minimum atomic E-state index is -1.52. The summed E-state index contributed by atoms with van der Waals surface area (Å²) in [7, 11) is 1.15. The van der Waals surface area contributed by atoms with Gasteiger partial charge in [0.05, 0.1) is 13.7 Å². The van der Waals surface area contributed by atoms with Crippen LogP contribution in [-0.4, -0.2) is 64.3 Å². The van der Waals surface area contributed by atoms with Crippen molar-refractivity contribution >= 4 is 29.7 Å². The SMILES string of the molecule is COC(=O)NC1(C(=O)O)CS[C@@H]2C(N)C(=O)N2C1. The van der Waals surface area contributed by atoms with Crippen LogP contribution in [0.5, 0.6) is 0 Å². The highest BCUT2D eigenvalue weighted by atomic mass is 32.2. The molecule has 2 heterocycles. The molecule has 4 N–H and O–H groups in total. The average molecular weight is 275 g/mol. The van der Waals surface area contributed by atoms with E-state index in [1.54, 1.807) is 0 Å². The van der Waals surface area contributed by atoms with Gasteiger partial charge in [0.2, 0.25) is 5.91 Å². The molecule has 2 fully saturated rings. The molecule has 0 saturated carbocycles. The van der Waals surface area contributed by atoms with Crippen molar-refractivity contribution in [1.82, 2.24) is 10.2 Å². The Labute approximate surface area is 107 Å². The van der Waals surface area contributed by atoms with Gasteiger partial charge in [0.15, 0.2) is 5.54 Å². The lowest BCUT2D eigenvalue weighted by Crippen LogP contribution is -2.76. The van der Waals surface area contributed by atoms with Gasteiger partial charge in [-0.05, 0) is 0 Å². The number of fused-ring (bicyclic) bond motifs is 1. The quantitative estimate of drug-likeness (QED) is 0.519. The third-order valence-electron chi connectivity index (χ3n) is 3.06. The van der Waals surface area contributed by atoms with Crippen molar-refractivity contribution in [2.45, 2.75) is 17.0 Å². The van der Waals surface area contributed by atoms with Gasteiger partial charge in [0.1, 0.15) is 11.4 Å². The smallest absolute Gasteiger partial charge is 0.407 e. The van der Waals surface area contributed by atoms with Crippen molar-refractivity contribution in [2.24, 2.45) is 5.73 Å². The normalized spacial score (nSPS) is 34.3. The van der Waals surface area contributed by atoms with E-state index in [-0.39, 0.29) is 23.6 Å². The van der Waals surface area contributed by atoms with Gasteiger partial charge in [-0.15, -0.1) is 11.8 Å². The minimum Gasteiger partial charge on any atom is -0.479 e. The lowest BCUT2D eigenvalue weighted by Gasteiger charge is -2.52. The molecule has 0 bridgehead atoms. The summed E-state index contributed by atoms with van der Waals surface area (Å²) < 4.78 is 4.41. The second kappa shape index (κ2) is 4.32. The molecule has 8 nitrogen and oxygen atoms in total. The number of aliphatic carboxylic acids is 1. The van der Waals surface area contributed by atoms with Crippen LogP contribution < -0.4 is 11.1 Å². The van der Waals surface area contributed by atoms with Crippen molar-refractivity contribution in [1.29, 1.82) is 0 Å². The molecular weight excluding hydrogens is 262 g/mol. The number of alkyl carbamates (subject to hydrolysis) is 1. The minimum absolute atomic E-state index is 0.0956. The van der Waals surface area contributed by atoms with Gasteiger partial charge in [0.25, 0.3) is 0 Å². The molecule has 2 rings (SSSR count). The zero-order chi connectivity index (χ0) is 13.5. The van der Waals surface area contributed by atoms with Gasteiger partial charge in [-0.2, -0.15) is 0 Å². The Morgan fingerprint density at radius 2 is 2.33 bits per heavy atom. The van der Waals surface area contributed by atoms with E-state index in [4.69, 9.17) is 5.73 Å². The number of hydrogen-bond acceptors (Lipinski definition) is 6. The van der Waals surface area contributed by atoms with Gasteiger partial charge in [-0.3, -0.25) is 4.79 Å². The molecule has 100 valence electrons. The highest BCUT2D eigenvalue weighted by molar-refractivity contribution is 8.00. The van der Waals surface area contributed by atoms with E-state index >= 15 is 0 Å². The van der Waals surface area contributed by atoms with Crippen molar-refractivity contribution in [3.05, 3.63) is 0 Å². The fraction of sp³-hybridized carbons (Fsp3) is 0.667. The number of nitrogens with two attached hydrogens (primary N) is 1. The number of carbonyl (C=O) groups excluding carboxylic acids is 2. The van der Waals surface area contributed by atoms with Crippen molar-refractivity contribution < 1.29 is 24.2 Å². The summed E-state index contributed by atoms with van der Waals surface area (Å²) in [5.74, 6) is -1.36. The zero-order valence-corrected chi connectivity index (χ0v) is 10.4. The Hall–Kier alpha value is -1.48. The summed E-state index contributed by atoms with van der Waals surface area (Å²) in [6, 6.07) is -0.583. The predicted octanol–water partition coefficient (Wildman–Crippen LogP) is -1.59. The average Bonchev–Trinajstić information content (AvgIpc) is 2.37. The molecule has 0 radical (unpaired) electrons. The molecule has 2 aliphatic heterocycles. The Morgan fingerprint density at radius 1 is 1.67 bits per heavy atom. The standard InChI is InChI=1S/C9H13N3O5S/c1-17-8(16)11-9(7(14)15)2-12-5(13)4(10)6(12)18-3-9/h4,6H,2-3,10H2,1H3,(H,11,16)(H,14,15)/t4?,6-,9?/m1/s1. The molecule has 2 aliphatic rings. The molecule has 0 aromatic carbocycles. The first-order valence-electron chi connectivity index (χ1n) is 5.18. The first-order chi connectivity index (χ1) is 8.41. The van der Waals surface area contributed by atoms with E-state index in [0.29, 0.717) is 0 Å². The fourth-order valence-electron chi connectivity index (χ4n) is 1.98. The highest BCUT2D eigenvalue weighted by Crippen LogP contribution is 2.37. The Bertz CT molecular complexity index is 417. The first kappa shape index (κ1) is 13.0. The molecular formula is C9H13N3O5S. The molecule has 2 unspecified atom stereocenters. The molecule has 9 heteroatoms. The van der Waals surface area contributed by atoms with Crippen molar-refractivity contribution in [3.63, 3.8) is 0 Å². The largest absolute Gasteiger partial charge is 0.479 e. The molecule has 18 heavy (non-hydrogen) atoms. The Morgan fingerprint density at radius 3 is 2.89 bits per heavy atom. The van der Waals surface area contributed by atoms with Crippen LogP contribution in [0.2, 0.25) is 0 Å². The van der Waals surface area contributed by atoms with Gasteiger partial charge >= 0.3 is 12.1 Å². The number of methoxy groups -OCH3 is 1. The number of hydrogen-bond donors (Lipinski definition) is 3. The van der Waals surface area contributed by atoms with Gasteiger partial charge < -0.3 is 25.8 Å². The lowest BCUT2D eigenvalue weighted by molar-refractivity contribution is -0.152. The van der Waals surface area contributed by atoms with E-state index in [9.17, 15) is 19.5 Å². The summed E-state index contributed by atoms with van der Waals surface area (Å²) in [4.78, 5) is 35.4. The second-order valence-electron chi connectivity index (χ2n) is 4.20. The maximum absolute atomic E-state index is 11.5. The van der Waals surface area contributed by atoms with Crippen LogP contribution in [0.25, 0.3) is 0 Å². The van der Waals surface area contributed by atoms with E-state index in [1.165, 1.54) is 16.7 Å². The molecule has 0 aliphatic carbocycles. The van der Waals surface area contributed by atoms with E-state index < -0.39 is 23.6 Å². The van der Waals surface area contributed by atoms with Crippen LogP contribution in [0.4, 0.5) is 4.79 Å².